The van der Waals surface area contributed by atoms with E-state index < -0.39 is 0 Å². The predicted octanol–water partition coefficient (Wildman–Crippen LogP) is 15.8. The molecule has 0 unspecified atom stereocenters. The van der Waals surface area contributed by atoms with Crippen LogP contribution in [0.15, 0.2) is 152 Å². The molecule has 0 atom stereocenters. The van der Waals surface area contributed by atoms with E-state index >= 15 is 0 Å². The van der Waals surface area contributed by atoms with Gasteiger partial charge in [0, 0.05) is 34.1 Å². The Morgan fingerprint density at radius 1 is 0.400 bits per heavy atom. The molecule has 2 aliphatic heterocycles. The van der Waals surface area contributed by atoms with Gasteiger partial charge in [0.15, 0.2) is 0 Å². The summed E-state index contributed by atoms with van der Waals surface area (Å²) in [4.78, 5) is 5.31. The average Bonchev–Trinajstić information content (AvgIpc) is 3.33. The lowest BCUT2D eigenvalue weighted by Gasteiger charge is -2.45. The first kappa shape index (κ1) is 41.9. The molecule has 7 aromatic carbocycles. The van der Waals surface area contributed by atoms with Crippen LogP contribution in [-0.4, -0.2) is 6.71 Å². The maximum atomic E-state index is 2.66. The van der Waals surface area contributed by atoms with Crippen molar-refractivity contribution >= 4 is 57.2 Å². The molecule has 2 fully saturated rings. The van der Waals surface area contributed by atoms with Crippen LogP contribution in [0.4, 0.5) is 34.1 Å². The molecule has 65 heavy (non-hydrogen) atoms. The van der Waals surface area contributed by atoms with Crippen molar-refractivity contribution in [3.05, 3.63) is 174 Å². The molecular weight excluding hydrogens is 784 g/mol. The Hall–Kier alpha value is -5.80. The molecule has 3 heteroatoms. The minimum Gasteiger partial charge on any atom is -0.311 e. The lowest BCUT2D eigenvalue weighted by atomic mass is 9.33. The number of hydrogen-bond donors (Lipinski definition) is 0. The van der Waals surface area contributed by atoms with Crippen molar-refractivity contribution in [3.63, 3.8) is 0 Å². The Bertz CT molecular complexity index is 2680. The summed E-state index contributed by atoms with van der Waals surface area (Å²) in [6, 6.07) is 59.2. The highest BCUT2D eigenvalue weighted by Gasteiger charge is 2.45. The lowest BCUT2D eigenvalue weighted by Crippen LogP contribution is -2.61. The first-order valence-electron chi connectivity index (χ1n) is 24.9. The van der Waals surface area contributed by atoms with Crippen LogP contribution in [0, 0.1) is 0 Å². The fourth-order valence-electron chi connectivity index (χ4n) is 12.2. The first-order valence-corrected chi connectivity index (χ1v) is 24.9. The molecule has 2 saturated carbocycles. The zero-order chi connectivity index (χ0) is 44.5. The van der Waals surface area contributed by atoms with Crippen molar-refractivity contribution in [1.82, 2.24) is 0 Å². The highest BCUT2D eigenvalue weighted by molar-refractivity contribution is 7.00. The Labute approximate surface area is 389 Å². The quantitative estimate of drug-likeness (QED) is 0.154. The molecular formula is C62H65BN2. The van der Waals surface area contributed by atoms with Crippen LogP contribution in [-0.2, 0) is 10.8 Å². The fraction of sp³-hybridized carbons (Fsp3) is 0.323. The van der Waals surface area contributed by atoms with Gasteiger partial charge >= 0.3 is 0 Å². The highest BCUT2D eigenvalue weighted by Crippen LogP contribution is 2.49. The predicted molar refractivity (Wildman–Crippen MR) is 280 cm³/mol. The molecule has 0 bridgehead atoms. The maximum absolute atomic E-state index is 2.66. The molecule has 0 N–H and O–H groups in total. The number of fused-ring (bicyclic) bond motifs is 4. The molecule has 7 aromatic rings. The molecule has 4 aliphatic rings. The van der Waals surface area contributed by atoms with Crippen molar-refractivity contribution in [2.24, 2.45) is 0 Å². The van der Waals surface area contributed by atoms with Crippen LogP contribution in [0.5, 0.6) is 0 Å². The van der Waals surface area contributed by atoms with Crippen molar-refractivity contribution in [2.45, 2.75) is 128 Å². The molecule has 0 aromatic heterocycles. The third-order valence-electron chi connectivity index (χ3n) is 15.5. The summed E-state index contributed by atoms with van der Waals surface area (Å²) in [7, 11) is 0. The average molecular weight is 849 g/mol. The van der Waals surface area contributed by atoms with E-state index in [1.165, 1.54) is 159 Å². The van der Waals surface area contributed by atoms with Crippen molar-refractivity contribution < 1.29 is 0 Å². The minimum atomic E-state index is -0.0926. The van der Waals surface area contributed by atoms with Gasteiger partial charge < -0.3 is 9.80 Å². The van der Waals surface area contributed by atoms with Crippen LogP contribution < -0.4 is 26.2 Å². The smallest absolute Gasteiger partial charge is 0.252 e. The van der Waals surface area contributed by atoms with Gasteiger partial charge in [-0.05, 0) is 158 Å². The summed E-state index contributed by atoms with van der Waals surface area (Å²) >= 11 is 0. The van der Waals surface area contributed by atoms with Crippen LogP contribution in [0.25, 0.3) is 22.3 Å². The van der Waals surface area contributed by atoms with Gasteiger partial charge in [-0.1, -0.05) is 183 Å². The second-order valence-electron chi connectivity index (χ2n) is 21.8. The number of nitrogens with zero attached hydrogens (tertiary/aromatic N) is 2. The molecule has 2 nitrogen and oxygen atoms in total. The standard InChI is InChI=1S/C62H65BN2/c1-61(2,3)52-40-58-54(38-50(52)44-26-15-9-16-27-44)63-55-39-51(45-28-17-10-18-29-45)53(62(4,5)6)41-59(55)65(49-33-20-31-47(37-49)43-24-13-8-14-25-43)57-35-21-34-56(60(57)63)64(58)48-32-19-30-46(36-48)42-22-11-7-12-23-42/h9-10,15-21,26-43H,7-8,11-14,22-25H2,1-6H3. The molecule has 0 radical (unpaired) electrons. The Morgan fingerprint density at radius 3 is 1.20 bits per heavy atom. The van der Waals surface area contributed by atoms with E-state index in [9.17, 15) is 0 Å². The van der Waals surface area contributed by atoms with Crippen molar-refractivity contribution in [3.8, 4) is 22.3 Å². The van der Waals surface area contributed by atoms with E-state index in [1.54, 1.807) is 0 Å². The second kappa shape index (κ2) is 16.6. The Balaban J connectivity index is 1.23. The Kier molecular flexibility index (Phi) is 10.7. The lowest BCUT2D eigenvalue weighted by molar-refractivity contribution is 0.443. The summed E-state index contributed by atoms with van der Waals surface area (Å²) < 4.78 is 0. The Morgan fingerprint density at radius 2 is 0.800 bits per heavy atom. The number of rotatable bonds is 6. The van der Waals surface area contributed by atoms with Crippen molar-refractivity contribution in [1.29, 1.82) is 0 Å². The minimum absolute atomic E-state index is 0.00900. The topological polar surface area (TPSA) is 6.48 Å². The van der Waals surface area contributed by atoms with E-state index in [2.05, 4.69) is 203 Å². The van der Waals surface area contributed by atoms with Crippen LogP contribution in [0.1, 0.15) is 140 Å². The van der Waals surface area contributed by atoms with Crippen LogP contribution in [0.3, 0.4) is 0 Å². The van der Waals surface area contributed by atoms with E-state index in [0.29, 0.717) is 11.8 Å². The summed E-state index contributed by atoms with van der Waals surface area (Å²) in [5.74, 6) is 1.23. The van der Waals surface area contributed by atoms with Gasteiger partial charge in [-0.3, -0.25) is 0 Å². The molecule has 0 saturated heterocycles. The van der Waals surface area contributed by atoms with Gasteiger partial charge in [0.2, 0.25) is 0 Å². The molecule has 0 amide bonds. The normalized spacial score (nSPS) is 16.6. The summed E-state index contributed by atoms with van der Waals surface area (Å²) in [5.41, 5.74) is 22.6. The highest BCUT2D eigenvalue weighted by atomic mass is 15.2. The molecule has 2 heterocycles. The van der Waals surface area contributed by atoms with E-state index in [1.807, 2.05) is 0 Å². The summed E-state index contributed by atoms with van der Waals surface area (Å²) in [6.07, 6.45) is 13.1. The molecule has 326 valence electrons. The van der Waals surface area contributed by atoms with Gasteiger partial charge in [-0.2, -0.15) is 0 Å². The zero-order valence-electron chi connectivity index (χ0n) is 39.6. The van der Waals surface area contributed by atoms with Gasteiger partial charge in [0.05, 0.1) is 0 Å². The third kappa shape index (κ3) is 7.54. The zero-order valence-corrected chi connectivity index (χ0v) is 39.6. The number of anilines is 6. The number of hydrogen-bond acceptors (Lipinski definition) is 2. The van der Waals surface area contributed by atoms with Crippen LogP contribution >= 0.6 is 0 Å². The fourth-order valence-corrected chi connectivity index (χ4v) is 12.2. The van der Waals surface area contributed by atoms with Gasteiger partial charge in [-0.15, -0.1) is 0 Å². The van der Waals surface area contributed by atoms with E-state index in [-0.39, 0.29) is 17.5 Å². The first-order chi connectivity index (χ1) is 31.5. The van der Waals surface area contributed by atoms with E-state index in [4.69, 9.17) is 0 Å². The SMILES string of the molecule is CC(C)(C)c1cc2c(cc1-c1ccccc1)B1c3cc(-c4ccccc4)c(C(C)(C)C)cc3N(c3cccc(C4CCCCC4)c3)c3cccc(c31)N2c1cccc(C2CCCCC2)c1. The van der Waals surface area contributed by atoms with E-state index in [0.717, 1.165) is 0 Å². The molecule has 2 aliphatic carbocycles. The molecule has 0 spiro atoms. The third-order valence-corrected chi connectivity index (χ3v) is 15.5. The molecule has 11 rings (SSSR count). The second-order valence-corrected chi connectivity index (χ2v) is 21.8. The number of benzene rings is 7. The van der Waals surface area contributed by atoms with Crippen LogP contribution in [0.2, 0.25) is 0 Å². The summed E-state index contributed by atoms with van der Waals surface area (Å²) in [5, 5.41) is 0. The largest absolute Gasteiger partial charge is 0.311 e. The summed E-state index contributed by atoms with van der Waals surface area (Å²) in [6.45, 7) is 14.3. The van der Waals surface area contributed by atoms with Crippen molar-refractivity contribution in [2.75, 3.05) is 9.80 Å². The van der Waals surface area contributed by atoms with Gasteiger partial charge in [-0.25, -0.2) is 0 Å². The van der Waals surface area contributed by atoms with Gasteiger partial charge in [0.25, 0.3) is 6.71 Å². The maximum Gasteiger partial charge on any atom is 0.252 e. The monoisotopic (exact) mass is 849 g/mol. The van der Waals surface area contributed by atoms with Gasteiger partial charge in [0.1, 0.15) is 0 Å².